The Balaban J connectivity index is 0.00000533. The van der Waals surface area contributed by atoms with Crippen molar-refractivity contribution >= 4 is 44.6 Å². The summed E-state index contributed by atoms with van der Waals surface area (Å²) in [4.78, 5) is 9.17. The largest absolute Gasteiger partial charge is 0.509 e. The zero-order chi connectivity index (χ0) is 44.3. The van der Waals surface area contributed by atoms with Crippen molar-refractivity contribution in [1.29, 1.82) is 0 Å². The SMILES string of the molecule is [2H]C(C)(C)c1ccccc1-c1cc(Oc2[c-]c3c(cc2)c2ccccc2n3-c2ccccn2)[c-]c(N2[CH-]N(c3c(C(C)C)cc(-c4ccccc4F)cc3C(C)C)c3ccccc32)c1.[Pt]. The summed E-state index contributed by atoms with van der Waals surface area (Å²) in [5.74, 6) is 1.01. The third-order valence-corrected chi connectivity index (χ3v) is 12.0. The normalized spacial score (nSPS) is 12.9. The number of fused-ring (bicyclic) bond motifs is 4. The van der Waals surface area contributed by atoms with Crippen molar-refractivity contribution in [2.45, 2.75) is 59.3 Å². The van der Waals surface area contributed by atoms with Gasteiger partial charge in [-0.1, -0.05) is 126 Å². The molecule has 0 saturated heterocycles. The Kier molecular flexibility index (Phi) is 11.4. The Morgan fingerprint density at radius 2 is 1.25 bits per heavy atom. The van der Waals surface area contributed by atoms with Crippen LogP contribution in [0.4, 0.5) is 27.1 Å². The maximum absolute atomic E-state index is 15.3. The van der Waals surface area contributed by atoms with E-state index in [-0.39, 0.29) is 38.7 Å². The molecule has 0 spiro atoms. The second-order valence-corrected chi connectivity index (χ2v) is 17.0. The van der Waals surface area contributed by atoms with Gasteiger partial charge in [-0.05, 0) is 99.5 Å². The summed E-state index contributed by atoms with van der Waals surface area (Å²) in [7, 11) is 0. The number of hydrogen-bond donors (Lipinski definition) is 0. The van der Waals surface area contributed by atoms with Gasteiger partial charge in [-0.2, -0.15) is 6.07 Å². The molecule has 0 fully saturated rings. The minimum atomic E-state index is -0.868. The van der Waals surface area contributed by atoms with Gasteiger partial charge in [-0.3, -0.25) is 0 Å². The van der Waals surface area contributed by atoms with Gasteiger partial charge in [-0.25, -0.2) is 9.37 Å². The number of benzene rings is 7. The Morgan fingerprint density at radius 3 is 1.95 bits per heavy atom. The molecule has 2 aromatic heterocycles. The number of anilines is 4. The fourth-order valence-corrected chi connectivity index (χ4v) is 8.99. The smallest absolute Gasteiger partial charge is 0.135 e. The van der Waals surface area contributed by atoms with Gasteiger partial charge in [0.25, 0.3) is 0 Å². The molecule has 7 heteroatoms. The van der Waals surface area contributed by atoms with E-state index in [1.165, 1.54) is 6.07 Å². The predicted molar refractivity (Wildman–Crippen MR) is 257 cm³/mol. The molecule has 0 aliphatic carbocycles. The van der Waals surface area contributed by atoms with E-state index in [0.29, 0.717) is 17.1 Å². The second kappa shape index (κ2) is 17.6. The molecule has 10 rings (SSSR count). The standard InChI is InChI=1S/C57H48FN4O.Pt/c1-36(2)44-17-7-8-18-45(44)39-29-41(33-43(30-39)63-42-26-27-48-47-20-10-12-22-52(47)62(55(48)34-42)56-25-15-16-28-59-56)60-35-61(54-24-14-13-23-53(54)60)57-49(37(3)4)31-40(32-50(57)38(5)6)46-19-9-11-21-51(46)58;/h7-32,35-38H,1-6H3;/q-3;/i36D;. The van der Waals surface area contributed by atoms with Crippen LogP contribution in [0.1, 0.15) is 77.3 Å². The summed E-state index contributed by atoms with van der Waals surface area (Å²) in [5.41, 5.74) is 12.2. The summed E-state index contributed by atoms with van der Waals surface area (Å²) < 4.78 is 33.5. The van der Waals surface area contributed by atoms with Gasteiger partial charge in [0.05, 0.1) is 0 Å². The molecule has 322 valence electrons. The van der Waals surface area contributed by atoms with Crippen molar-refractivity contribution in [3.05, 3.63) is 199 Å². The van der Waals surface area contributed by atoms with Crippen LogP contribution in [0.3, 0.4) is 0 Å². The van der Waals surface area contributed by atoms with Gasteiger partial charge in [0.2, 0.25) is 0 Å². The summed E-state index contributed by atoms with van der Waals surface area (Å²) in [6.45, 7) is 14.8. The Hall–Kier alpha value is -6.49. The molecule has 0 N–H and O–H groups in total. The molecule has 0 unspecified atom stereocenters. The quantitative estimate of drug-likeness (QED) is 0.128. The first-order valence-corrected chi connectivity index (χ1v) is 21.6. The third kappa shape index (κ3) is 7.68. The fourth-order valence-electron chi connectivity index (χ4n) is 8.99. The molecular weight excluding hydrogens is 971 g/mol. The maximum atomic E-state index is 15.3. The topological polar surface area (TPSA) is 33.5 Å². The molecule has 9 aromatic rings. The van der Waals surface area contributed by atoms with Crippen molar-refractivity contribution in [1.82, 2.24) is 9.55 Å². The van der Waals surface area contributed by atoms with E-state index in [1.807, 2.05) is 80.6 Å². The molecular formula is C57H48FN4OPt-3. The van der Waals surface area contributed by atoms with Crippen LogP contribution in [0.5, 0.6) is 11.5 Å². The van der Waals surface area contributed by atoms with E-state index in [0.717, 1.165) is 83.8 Å². The van der Waals surface area contributed by atoms with Crippen LogP contribution >= 0.6 is 0 Å². The maximum Gasteiger partial charge on any atom is 0.135 e. The van der Waals surface area contributed by atoms with Crippen molar-refractivity contribution < 1.29 is 31.6 Å². The van der Waals surface area contributed by atoms with Crippen molar-refractivity contribution in [3.8, 4) is 39.6 Å². The van der Waals surface area contributed by atoms with Gasteiger partial charge in [-0.15, -0.1) is 53.6 Å². The van der Waals surface area contributed by atoms with Crippen LogP contribution in [0.25, 0.3) is 49.9 Å². The van der Waals surface area contributed by atoms with Crippen molar-refractivity contribution in [2.24, 2.45) is 0 Å². The van der Waals surface area contributed by atoms with E-state index in [4.69, 9.17) is 11.1 Å². The summed E-state index contributed by atoms with van der Waals surface area (Å²) in [5, 5.41) is 2.15. The van der Waals surface area contributed by atoms with Gasteiger partial charge < -0.3 is 19.1 Å². The molecule has 0 amide bonds. The van der Waals surface area contributed by atoms with Crippen LogP contribution in [-0.2, 0) is 21.1 Å². The average Bonchev–Trinajstić information content (AvgIpc) is 3.84. The van der Waals surface area contributed by atoms with Crippen LogP contribution in [0.15, 0.2) is 158 Å². The molecule has 0 saturated carbocycles. The van der Waals surface area contributed by atoms with Crippen LogP contribution in [-0.4, -0.2) is 9.55 Å². The van der Waals surface area contributed by atoms with Crippen LogP contribution in [0.2, 0.25) is 0 Å². The molecule has 5 nitrogen and oxygen atoms in total. The predicted octanol–water partition coefficient (Wildman–Crippen LogP) is 15.8. The van der Waals surface area contributed by atoms with Crippen LogP contribution in [0, 0.1) is 24.6 Å². The molecule has 0 atom stereocenters. The van der Waals surface area contributed by atoms with E-state index >= 15 is 4.39 Å². The van der Waals surface area contributed by atoms with Gasteiger partial charge >= 0.3 is 0 Å². The minimum Gasteiger partial charge on any atom is -0.509 e. The van der Waals surface area contributed by atoms with Crippen LogP contribution < -0.4 is 14.5 Å². The number of rotatable bonds is 10. The minimum absolute atomic E-state index is 0. The molecule has 7 aromatic carbocycles. The first kappa shape index (κ1) is 41.5. The summed E-state index contributed by atoms with van der Waals surface area (Å²) in [6, 6.07) is 57.5. The first-order chi connectivity index (χ1) is 30.9. The molecule has 64 heavy (non-hydrogen) atoms. The molecule has 0 bridgehead atoms. The zero-order valence-electron chi connectivity index (χ0n) is 37.6. The van der Waals surface area contributed by atoms with E-state index in [2.05, 4.69) is 134 Å². The number of nitrogens with zero attached hydrogens (tertiary/aromatic N) is 4. The number of aromatic nitrogens is 2. The first-order valence-electron chi connectivity index (χ1n) is 22.1. The molecule has 0 radical (unpaired) electrons. The monoisotopic (exact) mass is 1020 g/mol. The number of pyridine rings is 1. The number of halogens is 1. The number of hydrogen-bond acceptors (Lipinski definition) is 4. The van der Waals surface area contributed by atoms with E-state index < -0.39 is 5.89 Å². The average molecular weight is 1020 g/mol. The van der Waals surface area contributed by atoms with Gasteiger partial charge in [0.1, 0.15) is 11.6 Å². The summed E-state index contributed by atoms with van der Waals surface area (Å²) in [6.07, 6.45) is 1.80. The third-order valence-electron chi connectivity index (χ3n) is 12.0. The number of ether oxygens (including phenoxy) is 1. The Morgan fingerprint density at radius 1 is 0.609 bits per heavy atom. The van der Waals surface area contributed by atoms with E-state index in [9.17, 15) is 0 Å². The fraction of sp³-hybridized carbons (Fsp3) is 0.158. The molecule has 3 heterocycles. The van der Waals surface area contributed by atoms with Gasteiger partial charge in [0.15, 0.2) is 0 Å². The van der Waals surface area contributed by atoms with Crippen molar-refractivity contribution in [2.75, 3.05) is 9.80 Å². The van der Waals surface area contributed by atoms with Gasteiger partial charge in [0, 0.05) is 68.3 Å². The Bertz CT molecular complexity index is 3180. The Labute approximate surface area is 391 Å². The zero-order valence-corrected chi connectivity index (χ0v) is 38.9. The molecule has 1 aliphatic heterocycles. The summed E-state index contributed by atoms with van der Waals surface area (Å²) >= 11 is 0. The second-order valence-electron chi connectivity index (χ2n) is 17.0. The van der Waals surface area contributed by atoms with Crippen molar-refractivity contribution in [3.63, 3.8) is 0 Å². The van der Waals surface area contributed by atoms with E-state index in [1.54, 1.807) is 12.3 Å². The molecule has 1 aliphatic rings. The number of para-hydroxylation sites is 3.